The van der Waals surface area contributed by atoms with Crippen LogP contribution in [0.2, 0.25) is 0 Å². The van der Waals surface area contributed by atoms with E-state index in [2.05, 4.69) is 0 Å². The second-order valence-corrected chi connectivity index (χ2v) is 7.08. The second-order valence-electron chi connectivity index (χ2n) is 4.97. The summed E-state index contributed by atoms with van der Waals surface area (Å²) in [6, 6.07) is 8.59. The van der Waals surface area contributed by atoms with Crippen LogP contribution in [0.4, 0.5) is 0 Å². The molecule has 1 saturated heterocycles. The highest BCUT2D eigenvalue weighted by molar-refractivity contribution is 7.91. The van der Waals surface area contributed by atoms with Gasteiger partial charge in [0.2, 0.25) is 0 Å². The highest BCUT2D eigenvalue weighted by atomic mass is 32.2. The number of hydrogen-bond donors (Lipinski definition) is 0. The third-order valence-corrected chi connectivity index (χ3v) is 5.50. The number of esters is 2. The largest absolute Gasteiger partial charge is 0.468 e. The van der Waals surface area contributed by atoms with Gasteiger partial charge in [-0.1, -0.05) is 30.3 Å². The molecule has 1 aliphatic heterocycles. The summed E-state index contributed by atoms with van der Waals surface area (Å²) >= 11 is 0. The van der Waals surface area contributed by atoms with Gasteiger partial charge in [0.25, 0.3) is 0 Å². The summed E-state index contributed by atoms with van der Waals surface area (Å²) in [7, 11) is -1.31. The zero-order chi connectivity index (χ0) is 15.7. The van der Waals surface area contributed by atoms with Gasteiger partial charge in [0.05, 0.1) is 25.7 Å². The summed E-state index contributed by atoms with van der Waals surface area (Å²) in [6.07, 6.45) is 0. The van der Waals surface area contributed by atoms with Crippen molar-refractivity contribution >= 4 is 21.8 Å². The molecule has 0 bridgehead atoms. The topological polar surface area (TPSA) is 86.7 Å². The molecule has 2 rings (SSSR count). The van der Waals surface area contributed by atoms with Crippen LogP contribution < -0.4 is 0 Å². The lowest BCUT2D eigenvalue weighted by Crippen LogP contribution is -2.46. The normalized spacial score (nSPS) is 22.5. The first-order valence-corrected chi connectivity index (χ1v) is 8.11. The minimum absolute atomic E-state index is 0.290. The van der Waals surface area contributed by atoms with Crippen molar-refractivity contribution in [3.63, 3.8) is 0 Å². The van der Waals surface area contributed by atoms with Crippen LogP contribution in [0.15, 0.2) is 30.3 Å². The average molecular weight is 312 g/mol. The van der Waals surface area contributed by atoms with Crippen molar-refractivity contribution in [1.82, 2.24) is 0 Å². The average Bonchev–Trinajstić information content (AvgIpc) is 2.79. The molecule has 114 valence electrons. The Morgan fingerprint density at radius 3 is 2.10 bits per heavy atom. The fourth-order valence-electron chi connectivity index (χ4n) is 2.82. The van der Waals surface area contributed by atoms with Crippen LogP contribution in [0, 0.1) is 5.41 Å². The SMILES string of the molecule is COC(=O)C1(C(=O)OC)CS(=O)(=O)CC1c1ccccc1. The quantitative estimate of drug-likeness (QED) is 0.598. The summed E-state index contributed by atoms with van der Waals surface area (Å²) in [6.45, 7) is 0. The summed E-state index contributed by atoms with van der Waals surface area (Å²) in [5, 5.41) is 0. The lowest BCUT2D eigenvalue weighted by atomic mass is 9.74. The van der Waals surface area contributed by atoms with Gasteiger partial charge in [0, 0.05) is 5.92 Å². The number of carbonyl (C=O) groups is 2. The van der Waals surface area contributed by atoms with E-state index >= 15 is 0 Å². The van der Waals surface area contributed by atoms with Crippen molar-refractivity contribution in [2.75, 3.05) is 25.7 Å². The molecular weight excluding hydrogens is 296 g/mol. The van der Waals surface area contributed by atoms with Crippen molar-refractivity contribution < 1.29 is 27.5 Å². The Labute approximate surface area is 123 Å². The van der Waals surface area contributed by atoms with E-state index in [4.69, 9.17) is 9.47 Å². The minimum atomic E-state index is -3.56. The molecule has 0 saturated carbocycles. The predicted octanol–water partition coefficient (Wildman–Crippen LogP) is 0.531. The molecule has 0 aromatic heterocycles. The van der Waals surface area contributed by atoms with Crippen LogP contribution >= 0.6 is 0 Å². The maximum atomic E-state index is 12.2. The molecule has 1 fully saturated rings. The van der Waals surface area contributed by atoms with Crippen molar-refractivity contribution in [3.8, 4) is 0 Å². The fourth-order valence-corrected chi connectivity index (χ4v) is 5.05. The highest BCUT2D eigenvalue weighted by Crippen LogP contribution is 2.46. The van der Waals surface area contributed by atoms with Gasteiger partial charge in [-0.05, 0) is 5.56 Å². The van der Waals surface area contributed by atoms with E-state index in [1.54, 1.807) is 30.3 Å². The lowest BCUT2D eigenvalue weighted by Gasteiger charge is -2.28. The van der Waals surface area contributed by atoms with Crippen LogP contribution in [-0.4, -0.2) is 46.1 Å². The van der Waals surface area contributed by atoms with Gasteiger partial charge in [-0.25, -0.2) is 8.42 Å². The maximum Gasteiger partial charge on any atom is 0.324 e. The zero-order valence-corrected chi connectivity index (χ0v) is 12.6. The van der Waals surface area contributed by atoms with E-state index in [-0.39, 0.29) is 5.75 Å². The third kappa shape index (κ3) is 2.53. The highest BCUT2D eigenvalue weighted by Gasteiger charge is 2.62. The van der Waals surface area contributed by atoms with Crippen LogP contribution in [0.5, 0.6) is 0 Å². The first-order chi connectivity index (χ1) is 9.87. The Kier molecular flexibility index (Phi) is 4.04. The van der Waals surface area contributed by atoms with Crippen molar-refractivity contribution in [3.05, 3.63) is 35.9 Å². The standard InChI is InChI=1S/C14H16O6S/c1-19-12(15)14(13(16)20-2)9-21(17,18)8-11(14)10-6-4-3-5-7-10/h3-7,11H,8-9H2,1-2H3. The van der Waals surface area contributed by atoms with Crippen LogP contribution in [0.1, 0.15) is 11.5 Å². The van der Waals surface area contributed by atoms with Gasteiger partial charge in [0.15, 0.2) is 15.3 Å². The smallest absolute Gasteiger partial charge is 0.324 e. The van der Waals surface area contributed by atoms with E-state index in [1.807, 2.05) is 0 Å². The molecule has 1 aromatic rings. The lowest BCUT2D eigenvalue weighted by molar-refractivity contribution is -0.168. The van der Waals surface area contributed by atoms with Crippen LogP contribution in [0.3, 0.4) is 0 Å². The van der Waals surface area contributed by atoms with Gasteiger partial charge in [-0.3, -0.25) is 9.59 Å². The minimum Gasteiger partial charge on any atom is -0.468 e. The van der Waals surface area contributed by atoms with Gasteiger partial charge in [0.1, 0.15) is 0 Å². The molecule has 7 heteroatoms. The molecule has 1 atom stereocenters. The Hall–Kier alpha value is -1.89. The van der Waals surface area contributed by atoms with Gasteiger partial charge in [-0.15, -0.1) is 0 Å². The van der Waals surface area contributed by atoms with Gasteiger partial charge in [-0.2, -0.15) is 0 Å². The number of ether oxygens (including phenoxy) is 2. The monoisotopic (exact) mass is 312 g/mol. The summed E-state index contributed by atoms with van der Waals surface area (Å²) < 4.78 is 33.5. The summed E-state index contributed by atoms with van der Waals surface area (Å²) in [5.74, 6) is -3.47. The predicted molar refractivity (Wildman–Crippen MR) is 74.3 cm³/mol. The molecule has 0 radical (unpaired) electrons. The summed E-state index contributed by atoms with van der Waals surface area (Å²) in [4.78, 5) is 24.4. The number of benzene rings is 1. The fraction of sp³-hybridized carbons (Fsp3) is 0.429. The molecule has 1 heterocycles. The first-order valence-electron chi connectivity index (χ1n) is 6.29. The number of methoxy groups -OCH3 is 2. The number of carbonyl (C=O) groups excluding carboxylic acids is 2. The Balaban J connectivity index is 2.64. The Bertz CT molecular complexity index is 633. The molecule has 1 aromatic carbocycles. The van der Waals surface area contributed by atoms with Gasteiger partial charge < -0.3 is 9.47 Å². The molecular formula is C14H16O6S. The van der Waals surface area contributed by atoms with E-state index in [9.17, 15) is 18.0 Å². The van der Waals surface area contributed by atoms with Gasteiger partial charge >= 0.3 is 11.9 Å². The molecule has 0 N–H and O–H groups in total. The van der Waals surface area contributed by atoms with Crippen LogP contribution in [0.25, 0.3) is 0 Å². The molecule has 0 aliphatic carbocycles. The summed E-state index contributed by atoms with van der Waals surface area (Å²) in [5.41, 5.74) is -1.25. The molecule has 0 spiro atoms. The van der Waals surface area contributed by atoms with Crippen LogP contribution in [-0.2, 0) is 28.9 Å². The van der Waals surface area contributed by atoms with Crippen molar-refractivity contribution in [1.29, 1.82) is 0 Å². The number of rotatable bonds is 3. The molecule has 0 amide bonds. The maximum absolute atomic E-state index is 12.2. The third-order valence-electron chi connectivity index (χ3n) is 3.76. The molecule has 1 aliphatic rings. The van der Waals surface area contributed by atoms with E-state index in [0.29, 0.717) is 5.56 Å². The Morgan fingerprint density at radius 2 is 1.62 bits per heavy atom. The Morgan fingerprint density at radius 1 is 1.10 bits per heavy atom. The second kappa shape index (κ2) is 5.48. The van der Waals surface area contributed by atoms with E-state index < -0.39 is 38.9 Å². The zero-order valence-electron chi connectivity index (χ0n) is 11.7. The molecule has 21 heavy (non-hydrogen) atoms. The van der Waals surface area contributed by atoms with E-state index in [0.717, 1.165) is 14.2 Å². The van der Waals surface area contributed by atoms with Crippen molar-refractivity contribution in [2.24, 2.45) is 5.41 Å². The number of hydrogen-bond acceptors (Lipinski definition) is 6. The van der Waals surface area contributed by atoms with E-state index in [1.165, 1.54) is 0 Å². The van der Waals surface area contributed by atoms with Crippen molar-refractivity contribution in [2.45, 2.75) is 5.92 Å². The number of sulfone groups is 1. The first kappa shape index (κ1) is 15.5. The molecule has 1 unspecified atom stereocenters. The molecule has 6 nitrogen and oxygen atoms in total.